The summed E-state index contributed by atoms with van der Waals surface area (Å²) in [7, 11) is 0. The average molecular weight is 898 g/mol. The van der Waals surface area contributed by atoms with E-state index in [0.717, 1.165) is 17.1 Å². The van der Waals surface area contributed by atoms with Crippen LogP contribution in [0.25, 0.3) is 97.7 Å². The van der Waals surface area contributed by atoms with Gasteiger partial charge in [-0.25, -0.2) is 0 Å². The molecular weight excluding hydrogens is 851 g/mol. The van der Waals surface area contributed by atoms with Gasteiger partial charge in [-0.15, -0.1) is 11.3 Å². The minimum atomic E-state index is -0.0952. The Kier molecular flexibility index (Phi) is 9.78. The predicted molar refractivity (Wildman–Crippen MR) is 296 cm³/mol. The van der Waals surface area contributed by atoms with Gasteiger partial charge in [-0.3, -0.25) is 0 Å². The smallest absolute Gasteiger partial charge is 0.0462 e. The van der Waals surface area contributed by atoms with E-state index >= 15 is 0 Å². The number of nitrogens with zero attached hydrogens (tertiary/aromatic N) is 1. The molecule has 0 amide bonds. The van der Waals surface area contributed by atoms with Crippen molar-refractivity contribution in [1.29, 1.82) is 0 Å². The van der Waals surface area contributed by atoms with Crippen molar-refractivity contribution in [3.05, 3.63) is 260 Å². The van der Waals surface area contributed by atoms with Gasteiger partial charge in [0.25, 0.3) is 0 Å². The molecule has 0 atom stereocenters. The maximum atomic E-state index is 2.38. The summed E-state index contributed by atoms with van der Waals surface area (Å²) in [6.07, 6.45) is 0. The van der Waals surface area contributed by atoms with Crippen LogP contribution < -0.4 is 4.90 Å². The molecule has 2 heteroatoms. The third kappa shape index (κ3) is 7.15. The maximum Gasteiger partial charge on any atom is 0.0462 e. The minimum Gasteiger partial charge on any atom is -0.311 e. The van der Waals surface area contributed by atoms with Crippen LogP contribution in [0.3, 0.4) is 0 Å². The van der Waals surface area contributed by atoms with Gasteiger partial charge in [0.15, 0.2) is 0 Å². The van der Waals surface area contributed by atoms with E-state index in [-0.39, 0.29) is 5.41 Å². The molecule has 0 radical (unpaired) electrons. The second-order valence-electron chi connectivity index (χ2n) is 18.9. The normalized spacial score (nSPS) is 12.6. The summed E-state index contributed by atoms with van der Waals surface area (Å²) in [4.78, 5) is 2.38. The van der Waals surface area contributed by atoms with Gasteiger partial charge >= 0.3 is 0 Å². The van der Waals surface area contributed by atoms with Gasteiger partial charge in [0.05, 0.1) is 0 Å². The molecule has 12 aromatic rings. The fourth-order valence-corrected chi connectivity index (χ4v) is 12.1. The lowest BCUT2D eigenvalue weighted by atomic mass is 9.79. The molecule has 1 aliphatic rings. The van der Waals surface area contributed by atoms with Crippen molar-refractivity contribution in [2.75, 3.05) is 4.90 Å². The van der Waals surface area contributed by atoms with Crippen molar-refractivity contribution < 1.29 is 0 Å². The van der Waals surface area contributed by atoms with Crippen LogP contribution in [0.2, 0.25) is 0 Å². The van der Waals surface area contributed by atoms with E-state index in [1.54, 1.807) is 0 Å². The van der Waals surface area contributed by atoms with E-state index in [2.05, 4.69) is 267 Å². The van der Waals surface area contributed by atoms with Crippen LogP contribution in [-0.2, 0) is 5.41 Å². The van der Waals surface area contributed by atoms with Crippen LogP contribution in [0.1, 0.15) is 25.0 Å². The van der Waals surface area contributed by atoms with Gasteiger partial charge in [-0.2, -0.15) is 0 Å². The molecule has 0 spiro atoms. The van der Waals surface area contributed by atoms with Crippen molar-refractivity contribution in [3.63, 3.8) is 0 Å². The second-order valence-corrected chi connectivity index (χ2v) is 20.0. The molecule has 1 heterocycles. The third-order valence-corrected chi connectivity index (χ3v) is 15.6. The molecule has 0 saturated heterocycles. The number of rotatable bonds is 8. The van der Waals surface area contributed by atoms with E-state index < -0.39 is 0 Å². The summed E-state index contributed by atoms with van der Waals surface area (Å²) < 4.78 is 2.64. The Morgan fingerprint density at radius 3 is 1.48 bits per heavy atom. The van der Waals surface area contributed by atoms with E-state index in [0.29, 0.717) is 0 Å². The van der Waals surface area contributed by atoms with Crippen LogP contribution in [0.5, 0.6) is 0 Å². The standard InChI is InChI=1S/C67H47NS/c1-67(2)63-19-7-5-15-59(63)62-18-10-17-58(66(62)67)49-31-38-57(39-32-49)68(56-36-29-48(30-37-56)54-33-40-61-60-16-6-8-20-64(60)69-65(61)43-54)55-34-27-46(28-35-55)45-21-23-47(24-22-45)51-13-9-14-52(41-51)53-26-25-44-11-3-4-12-50(44)42-53/h3-43H,1-2H3. The van der Waals surface area contributed by atoms with Gasteiger partial charge in [0, 0.05) is 42.6 Å². The first kappa shape index (κ1) is 40.9. The summed E-state index contributed by atoms with van der Waals surface area (Å²) in [6.45, 7) is 4.73. The largest absolute Gasteiger partial charge is 0.311 e. The number of fused-ring (bicyclic) bond motifs is 7. The first-order chi connectivity index (χ1) is 33.9. The predicted octanol–water partition coefficient (Wildman–Crippen LogP) is 19.3. The number of hydrogen-bond acceptors (Lipinski definition) is 2. The molecule has 1 nitrogen and oxygen atoms in total. The summed E-state index contributed by atoms with van der Waals surface area (Å²) in [5, 5.41) is 5.17. The lowest BCUT2D eigenvalue weighted by molar-refractivity contribution is 0.662. The van der Waals surface area contributed by atoms with Crippen LogP contribution in [0.15, 0.2) is 249 Å². The molecule has 0 fully saturated rings. The van der Waals surface area contributed by atoms with Crippen LogP contribution >= 0.6 is 11.3 Å². The molecule has 0 bridgehead atoms. The quantitative estimate of drug-likeness (QED) is 0.147. The SMILES string of the molecule is CC1(C)c2ccccc2-c2cccc(-c3ccc(N(c4ccc(-c5ccc(-c6cccc(-c7ccc8ccccc8c7)c6)cc5)cc4)c4ccc(-c5ccc6c(c5)sc5ccccc56)cc4)cc3)c21. The summed E-state index contributed by atoms with van der Waals surface area (Å²) in [5.74, 6) is 0. The molecule has 11 aromatic carbocycles. The highest BCUT2D eigenvalue weighted by atomic mass is 32.1. The molecular formula is C67H47NS. The minimum absolute atomic E-state index is 0.0952. The Morgan fingerprint density at radius 1 is 0.304 bits per heavy atom. The molecule has 0 unspecified atom stereocenters. The molecule has 0 N–H and O–H groups in total. The number of thiophene rings is 1. The van der Waals surface area contributed by atoms with Gasteiger partial charge in [0.2, 0.25) is 0 Å². The van der Waals surface area contributed by atoms with Gasteiger partial charge in [-0.05, 0) is 149 Å². The van der Waals surface area contributed by atoms with Crippen molar-refractivity contribution in [1.82, 2.24) is 0 Å². The maximum absolute atomic E-state index is 2.38. The summed E-state index contributed by atoms with van der Waals surface area (Å²) >= 11 is 1.87. The van der Waals surface area contributed by atoms with Crippen molar-refractivity contribution in [2.24, 2.45) is 0 Å². The van der Waals surface area contributed by atoms with Crippen molar-refractivity contribution in [3.8, 4) is 66.8 Å². The number of anilines is 3. The molecule has 13 rings (SSSR count). The lowest BCUT2D eigenvalue weighted by Gasteiger charge is -2.27. The average Bonchev–Trinajstić information content (AvgIpc) is 3.90. The molecule has 0 aliphatic heterocycles. The Labute approximate surface area is 407 Å². The first-order valence-corrected chi connectivity index (χ1v) is 24.7. The van der Waals surface area contributed by atoms with Crippen molar-refractivity contribution in [2.45, 2.75) is 19.3 Å². The van der Waals surface area contributed by atoms with Crippen LogP contribution in [0.4, 0.5) is 17.1 Å². The second kappa shape index (κ2) is 16.5. The number of benzene rings is 11. The topological polar surface area (TPSA) is 3.24 Å². The van der Waals surface area contributed by atoms with E-state index in [1.165, 1.54) is 109 Å². The fourth-order valence-electron chi connectivity index (χ4n) is 10.9. The van der Waals surface area contributed by atoms with Gasteiger partial charge in [-0.1, -0.05) is 202 Å². The molecule has 1 aliphatic carbocycles. The lowest BCUT2D eigenvalue weighted by Crippen LogP contribution is -2.16. The van der Waals surface area contributed by atoms with E-state index in [1.807, 2.05) is 11.3 Å². The third-order valence-electron chi connectivity index (χ3n) is 14.5. The van der Waals surface area contributed by atoms with Crippen LogP contribution in [-0.4, -0.2) is 0 Å². The highest BCUT2D eigenvalue weighted by Crippen LogP contribution is 2.52. The van der Waals surface area contributed by atoms with Crippen molar-refractivity contribution >= 4 is 59.3 Å². The zero-order chi connectivity index (χ0) is 46.1. The summed E-state index contributed by atoms with van der Waals surface area (Å²) in [6, 6.07) is 91.8. The molecule has 0 saturated carbocycles. The molecule has 1 aromatic heterocycles. The van der Waals surface area contributed by atoms with E-state index in [9.17, 15) is 0 Å². The van der Waals surface area contributed by atoms with E-state index in [4.69, 9.17) is 0 Å². The Hall–Kier alpha value is -8.30. The van der Waals surface area contributed by atoms with Gasteiger partial charge in [0.1, 0.15) is 0 Å². The summed E-state index contributed by atoms with van der Waals surface area (Å²) in [5.41, 5.74) is 20.9. The molecule has 69 heavy (non-hydrogen) atoms. The number of hydrogen-bond donors (Lipinski definition) is 0. The monoisotopic (exact) mass is 897 g/mol. The Balaban J connectivity index is 0.826. The zero-order valence-corrected chi connectivity index (χ0v) is 39.3. The highest BCUT2D eigenvalue weighted by Gasteiger charge is 2.37. The van der Waals surface area contributed by atoms with Gasteiger partial charge < -0.3 is 4.90 Å². The zero-order valence-electron chi connectivity index (χ0n) is 38.5. The fraction of sp³-hybridized carbons (Fsp3) is 0.0448. The highest BCUT2D eigenvalue weighted by molar-refractivity contribution is 7.25. The Morgan fingerprint density at radius 2 is 0.768 bits per heavy atom. The first-order valence-electron chi connectivity index (χ1n) is 23.9. The molecule has 326 valence electrons. The Bertz CT molecular complexity index is 3890. The van der Waals surface area contributed by atoms with Crippen LogP contribution in [0, 0.1) is 0 Å².